The highest BCUT2D eigenvalue weighted by molar-refractivity contribution is 5.35. The molecule has 3 atom stereocenters. The van der Waals surface area contributed by atoms with Crippen molar-refractivity contribution < 1.29 is 14.7 Å². The van der Waals surface area contributed by atoms with E-state index >= 15 is 0 Å². The van der Waals surface area contributed by atoms with Gasteiger partial charge >= 0.3 is 0 Å². The molecule has 0 radical (unpaired) electrons. The molecule has 1 aromatic rings. The number of nitrogens with one attached hydrogen (secondary N) is 1. The van der Waals surface area contributed by atoms with Crippen molar-refractivity contribution in [1.29, 1.82) is 0 Å². The molecule has 0 aromatic heterocycles. The Labute approximate surface area is 128 Å². The average molecular weight is 292 g/mol. The van der Waals surface area contributed by atoms with Crippen LogP contribution >= 0.6 is 0 Å². The van der Waals surface area contributed by atoms with Gasteiger partial charge in [0.25, 0.3) is 0 Å². The molecule has 0 spiro atoms. The summed E-state index contributed by atoms with van der Waals surface area (Å²) in [5, 5.41) is 10.3. The van der Waals surface area contributed by atoms with Crippen molar-refractivity contribution in [3.05, 3.63) is 29.3 Å². The summed E-state index contributed by atoms with van der Waals surface area (Å²) < 4.78 is 5.83. The molecule has 118 valence electrons. The van der Waals surface area contributed by atoms with Gasteiger partial charge in [-0.05, 0) is 64.2 Å². The molecule has 1 aliphatic heterocycles. The van der Waals surface area contributed by atoms with Crippen LogP contribution < -0.4 is 9.64 Å². The predicted molar refractivity (Wildman–Crippen MR) is 86.0 cm³/mol. The van der Waals surface area contributed by atoms with Crippen LogP contribution in [-0.2, 0) is 0 Å². The molecule has 1 heterocycles. The highest BCUT2D eigenvalue weighted by atomic mass is 16.5. The van der Waals surface area contributed by atoms with Gasteiger partial charge in [-0.15, -0.1) is 0 Å². The molecule has 21 heavy (non-hydrogen) atoms. The molecule has 1 aliphatic rings. The fourth-order valence-electron chi connectivity index (χ4n) is 3.37. The zero-order valence-electron chi connectivity index (χ0n) is 13.9. The number of aliphatic hydroxyl groups is 1. The third-order valence-corrected chi connectivity index (χ3v) is 4.79. The van der Waals surface area contributed by atoms with E-state index in [0.717, 1.165) is 17.9 Å². The second kappa shape index (κ2) is 7.28. The monoisotopic (exact) mass is 292 g/mol. The maximum atomic E-state index is 10.3. The molecule has 3 nitrogen and oxygen atoms in total. The standard InChI is InChI=1S/C18H29NO2/c1-13-8-9-14(2)18(10-13)21-12-17(20)11-19-15(3)6-5-7-16(19)4/h8-10,15-17,20H,5-7,11-12H2,1-4H3/p+1/t15-,16-,17+/m0/s1. The van der Waals surface area contributed by atoms with E-state index in [1.165, 1.54) is 29.7 Å². The number of rotatable bonds is 5. The molecule has 0 saturated carbocycles. The Balaban J connectivity index is 1.86. The summed E-state index contributed by atoms with van der Waals surface area (Å²) in [6.45, 7) is 9.86. The maximum Gasteiger partial charge on any atom is 0.137 e. The number of quaternary nitrogens is 1. The van der Waals surface area contributed by atoms with E-state index in [4.69, 9.17) is 4.74 Å². The molecule has 2 N–H and O–H groups in total. The zero-order valence-corrected chi connectivity index (χ0v) is 13.9. The maximum absolute atomic E-state index is 10.3. The molecule has 3 heteroatoms. The number of hydrogen-bond acceptors (Lipinski definition) is 2. The van der Waals surface area contributed by atoms with Crippen LogP contribution in [0.15, 0.2) is 18.2 Å². The Morgan fingerprint density at radius 1 is 1.24 bits per heavy atom. The lowest BCUT2D eigenvalue weighted by molar-refractivity contribution is -0.954. The van der Waals surface area contributed by atoms with Gasteiger partial charge in [-0.25, -0.2) is 0 Å². The van der Waals surface area contributed by atoms with Crippen LogP contribution in [0, 0.1) is 13.8 Å². The molecule has 1 fully saturated rings. The first kappa shape index (κ1) is 16.3. The molecule has 0 bridgehead atoms. The summed E-state index contributed by atoms with van der Waals surface area (Å²) in [5.41, 5.74) is 2.31. The Morgan fingerprint density at radius 3 is 2.57 bits per heavy atom. The molecule has 1 saturated heterocycles. The lowest BCUT2D eigenvalue weighted by Gasteiger charge is -2.36. The lowest BCUT2D eigenvalue weighted by Crippen LogP contribution is -3.20. The van der Waals surface area contributed by atoms with E-state index in [1.807, 2.05) is 13.0 Å². The molecular formula is C18H30NO2+. The summed E-state index contributed by atoms with van der Waals surface area (Å²) in [6, 6.07) is 7.48. The number of ether oxygens (including phenoxy) is 1. The Morgan fingerprint density at radius 2 is 1.90 bits per heavy atom. The van der Waals surface area contributed by atoms with Gasteiger partial charge in [0.05, 0.1) is 12.1 Å². The summed E-state index contributed by atoms with van der Waals surface area (Å²) in [6.07, 6.45) is 3.46. The van der Waals surface area contributed by atoms with Gasteiger partial charge in [0.15, 0.2) is 0 Å². The van der Waals surface area contributed by atoms with Crippen molar-refractivity contribution in [2.45, 2.75) is 65.1 Å². The quantitative estimate of drug-likeness (QED) is 0.869. The van der Waals surface area contributed by atoms with Crippen LogP contribution in [0.5, 0.6) is 5.75 Å². The topological polar surface area (TPSA) is 33.9 Å². The van der Waals surface area contributed by atoms with Crippen molar-refractivity contribution in [3.63, 3.8) is 0 Å². The van der Waals surface area contributed by atoms with E-state index in [-0.39, 0.29) is 0 Å². The Bertz CT molecular complexity index is 451. The molecule has 2 rings (SSSR count). The van der Waals surface area contributed by atoms with Gasteiger partial charge < -0.3 is 14.7 Å². The lowest BCUT2D eigenvalue weighted by atomic mass is 9.97. The van der Waals surface area contributed by atoms with Crippen molar-refractivity contribution >= 4 is 0 Å². The third kappa shape index (κ3) is 4.45. The van der Waals surface area contributed by atoms with E-state index in [1.54, 1.807) is 0 Å². The number of likely N-dealkylation sites (tertiary alicyclic amines) is 1. The first-order valence-corrected chi connectivity index (χ1v) is 8.21. The van der Waals surface area contributed by atoms with Gasteiger partial charge in [-0.1, -0.05) is 12.1 Å². The van der Waals surface area contributed by atoms with Crippen LogP contribution in [0.25, 0.3) is 0 Å². The predicted octanol–water partition coefficient (Wildman–Crippen LogP) is 1.89. The smallest absolute Gasteiger partial charge is 0.137 e. The fourth-order valence-corrected chi connectivity index (χ4v) is 3.37. The SMILES string of the molecule is Cc1ccc(C)c(OC[C@H](O)C[NH+]2[C@@H](C)CCC[C@@H]2C)c1. The summed E-state index contributed by atoms with van der Waals surface area (Å²) in [5.74, 6) is 0.892. The van der Waals surface area contributed by atoms with Crippen LogP contribution in [0.2, 0.25) is 0 Å². The van der Waals surface area contributed by atoms with Gasteiger partial charge in [0.1, 0.15) is 25.0 Å². The average Bonchev–Trinajstić information content (AvgIpc) is 2.44. The largest absolute Gasteiger partial charge is 0.490 e. The van der Waals surface area contributed by atoms with Crippen LogP contribution in [0.3, 0.4) is 0 Å². The number of aryl methyl sites for hydroxylation is 2. The number of piperidine rings is 1. The van der Waals surface area contributed by atoms with Crippen LogP contribution in [0.4, 0.5) is 0 Å². The van der Waals surface area contributed by atoms with Crippen LogP contribution in [0.1, 0.15) is 44.2 Å². The first-order valence-electron chi connectivity index (χ1n) is 8.21. The van der Waals surface area contributed by atoms with E-state index in [0.29, 0.717) is 18.7 Å². The molecule has 0 aliphatic carbocycles. The minimum Gasteiger partial charge on any atom is -0.490 e. The second-order valence-electron chi connectivity index (χ2n) is 6.75. The van der Waals surface area contributed by atoms with Gasteiger partial charge in [-0.3, -0.25) is 0 Å². The second-order valence-corrected chi connectivity index (χ2v) is 6.75. The Hall–Kier alpha value is -1.06. The highest BCUT2D eigenvalue weighted by Gasteiger charge is 2.30. The highest BCUT2D eigenvalue weighted by Crippen LogP contribution is 2.19. The fraction of sp³-hybridized carbons (Fsp3) is 0.667. The normalized spacial score (nSPS) is 24.8. The first-order chi connectivity index (χ1) is 9.97. The van der Waals surface area contributed by atoms with E-state index in [9.17, 15) is 5.11 Å². The van der Waals surface area contributed by atoms with Gasteiger partial charge in [-0.2, -0.15) is 0 Å². The summed E-state index contributed by atoms with van der Waals surface area (Å²) in [7, 11) is 0. The summed E-state index contributed by atoms with van der Waals surface area (Å²) >= 11 is 0. The number of aliphatic hydroxyl groups excluding tert-OH is 1. The molecule has 1 aromatic carbocycles. The minimum atomic E-state index is -0.400. The molecular weight excluding hydrogens is 262 g/mol. The van der Waals surface area contributed by atoms with Crippen molar-refractivity contribution in [3.8, 4) is 5.75 Å². The van der Waals surface area contributed by atoms with Gasteiger partial charge in [0, 0.05) is 0 Å². The number of hydrogen-bond donors (Lipinski definition) is 2. The minimum absolute atomic E-state index is 0.382. The molecule has 0 amide bonds. The molecule has 0 unspecified atom stereocenters. The number of benzene rings is 1. The third-order valence-electron chi connectivity index (χ3n) is 4.79. The summed E-state index contributed by atoms with van der Waals surface area (Å²) in [4.78, 5) is 1.53. The Kier molecular flexibility index (Phi) is 5.65. The van der Waals surface area contributed by atoms with Crippen LogP contribution in [-0.4, -0.2) is 36.4 Å². The van der Waals surface area contributed by atoms with Gasteiger partial charge in [0.2, 0.25) is 0 Å². The van der Waals surface area contributed by atoms with Crippen molar-refractivity contribution in [2.75, 3.05) is 13.2 Å². The zero-order chi connectivity index (χ0) is 15.4. The van der Waals surface area contributed by atoms with Crippen molar-refractivity contribution in [2.24, 2.45) is 0 Å². The van der Waals surface area contributed by atoms with Crippen molar-refractivity contribution in [1.82, 2.24) is 0 Å². The van der Waals surface area contributed by atoms with E-state index in [2.05, 4.69) is 32.9 Å². The van der Waals surface area contributed by atoms with E-state index < -0.39 is 6.10 Å².